The van der Waals surface area contributed by atoms with E-state index in [4.69, 9.17) is 26.4 Å². The summed E-state index contributed by atoms with van der Waals surface area (Å²) in [5.41, 5.74) is 1.15. The van der Waals surface area contributed by atoms with Gasteiger partial charge in [-0.3, -0.25) is 0 Å². The Morgan fingerprint density at radius 1 is 1.12 bits per heavy atom. The molecule has 4 heteroatoms. The van der Waals surface area contributed by atoms with Gasteiger partial charge in [-0.1, -0.05) is 6.07 Å². The molecule has 0 N–H and O–H groups in total. The van der Waals surface area contributed by atoms with Gasteiger partial charge in [-0.2, -0.15) is 0 Å². The zero-order valence-electron chi connectivity index (χ0n) is 9.78. The molecule has 0 amide bonds. The second kappa shape index (κ2) is 6.33. The fraction of sp³-hybridized carbons (Fsp3) is 0.417. The molecule has 0 radical (unpaired) electrons. The normalized spacial score (nSPS) is 9.69. The number of benzene rings is 1. The maximum absolute atomic E-state index is 5.22. The molecule has 16 heavy (non-hydrogen) atoms. The summed E-state index contributed by atoms with van der Waals surface area (Å²) in [5, 5.41) is 0.620. The zero-order chi connectivity index (χ0) is 12.0. The van der Waals surface area contributed by atoms with Crippen LogP contribution in [0.25, 0.3) is 0 Å². The Bertz CT molecular complexity index is 363. The van der Waals surface area contributed by atoms with E-state index in [0.717, 1.165) is 29.9 Å². The number of ether oxygens (including phenoxy) is 3. The fourth-order valence-corrected chi connectivity index (χ4v) is 1.49. The van der Waals surface area contributed by atoms with Gasteiger partial charge < -0.3 is 14.2 Å². The maximum atomic E-state index is 5.22. The number of thiocarbonyl (C=S) groups is 1. The van der Waals surface area contributed by atoms with Crippen molar-refractivity contribution in [3.8, 4) is 11.5 Å². The van der Waals surface area contributed by atoms with Crippen LogP contribution in [-0.4, -0.2) is 26.4 Å². The van der Waals surface area contributed by atoms with E-state index in [-0.39, 0.29) is 0 Å². The summed E-state index contributed by atoms with van der Waals surface area (Å²) in [4.78, 5) is 0. The van der Waals surface area contributed by atoms with Crippen LogP contribution in [0.3, 0.4) is 0 Å². The lowest BCUT2D eigenvalue weighted by atomic mass is 10.1. The molecular weight excluding hydrogens is 224 g/mol. The Hall–Kier alpha value is -1.29. The molecule has 1 aromatic rings. The summed E-state index contributed by atoms with van der Waals surface area (Å²) >= 11 is 4.99. The van der Waals surface area contributed by atoms with Gasteiger partial charge in [0, 0.05) is 6.42 Å². The molecule has 0 unspecified atom stereocenters. The highest BCUT2D eigenvalue weighted by molar-refractivity contribution is 7.80. The van der Waals surface area contributed by atoms with E-state index in [1.165, 1.54) is 0 Å². The molecule has 0 aromatic heterocycles. The van der Waals surface area contributed by atoms with Crippen LogP contribution in [0.15, 0.2) is 18.2 Å². The first-order chi connectivity index (χ1) is 7.71. The first kappa shape index (κ1) is 12.8. The maximum Gasteiger partial charge on any atom is 0.160 e. The molecule has 0 heterocycles. The standard InChI is InChI=1S/C12H16O3S/c1-13-10-6-4-9(8-11(10)14-2)5-7-12(16)15-3/h4,6,8H,5,7H2,1-3H3. The van der Waals surface area contributed by atoms with Crippen molar-refractivity contribution in [1.29, 1.82) is 0 Å². The predicted octanol–water partition coefficient (Wildman–Crippen LogP) is 2.61. The summed E-state index contributed by atoms with van der Waals surface area (Å²) in [6, 6.07) is 5.85. The van der Waals surface area contributed by atoms with Gasteiger partial charge in [0.1, 0.15) is 0 Å². The molecule has 0 aliphatic carbocycles. The van der Waals surface area contributed by atoms with Crippen LogP contribution in [0.1, 0.15) is 12.0 Å². The molecule has 0 aliphatic heterocycles. The molecule has 0 spiro atoms. The van der Waals surface area contributed by atoms with E-state index in [2.05, 4.69) is 0 Å². The Balaban J connectivity index is 2.71. The molecule has 0 fully saturated rings. The predicted molar refractivity (Wildman–Crippen MR) is 67.5 cm³/mol. The molecule has 3 nitrogen and oxygen atoms in total. The molecule has 1 aromatic carbocycles. The Labute approximate surface area is 101 Å². The summed E-state index contributed by atoms with van der Waals surface area (Å²) in [5.74, 6) is 1.48. The smallest absolute Gasteiger partial charge is 0.160 e. The van der Waals surface area contributed by atoms with Crippen molar-refractivity contribution in [2.24, 2.45) is 0 Å². The summed E-state index contributed by atoms with van der Waals surface area (Å²) in [6.45, 7) is 0. The molecule has 0 saturated carbocycles. The van der Waals surface area contributed by atoms with Gasteiger partial charge in [-0.05, 0) is 36.3 Å². The van der Waals surface area contributed by atoms with E-state index in [0.29, 0.717) is 5.05 Å². The van der Waals surface area contributed by atoms with E-state index >= 15 is 0 Å². The highest BCUT2D eigenvalue weighted by Crippen LogP contribution is 2.27. The summed E-state index contributed by atoms with van der Waals surface area (Å²) in [6.07, 6.45) is 1.58. The Morgan fingerprint density at radius 2 is 1.81 bits per heavy atom. The van der Waals surface area contributed by atoms with Crippen LogP contribution in [0.4, 0.5) is 0 Å². The first-order valence-electron chi connectivity index (χ1n) is 4.99. The SMILES string of the molecule is COC(=S)CCc1ccc(OC)c(OC)c1. The topological polar surface area (TPSA) is 27.7 Å². The van der Waals surface area contributed by atoms with Gasteiger partial charge in [0.25, 0.3) is 0 Å². The van der Waals surface area contributed by atoms with Crippen molar-refractivity contribution in [3.63, 3.8) is 0 Å². The van der Waals surface area contributed by atoms with E-state index in [1.807, 2.05) is 18.2 Å². The van der Waals surface area contributed by atoms with Crippen molar-refractivity contribution in [2.75, 3.05) is 21.3 Å². The molecule has 0 atom stereocenters. The third-order valence-corrected chi connectivity index (χ3v) is 2.66. The first-order valence-corrected chi connectivity index (χ1v) is 5.39. The summed E-state index contributed by atoms with van der Waals surface area (Å²) < 4.78 is 15.3. The molecular formula is C12H16O3S. The van der Waals surface area contributed by atoms with Gasteiger partial charge >= 0.3 is 0 Å². The van der Waals surface area contributed by atoms with Gasteiger partial charge in [0.2, 0.25) is 0 Å². The minimum absolute atomic E-state index is 0.620. The Kier molecular flexibility index (Phi) is 5.05. The van der Waals surface area contributed by atoms with Crippen LogP contribution in [0, 0.1) is 0 Å². The molecule has 88 valence electrons. The van der Waals surface area contributed by atoms with Crippen LogP contribution in [0.5, 0.6) is 11.5 Å². The van der Waals surface area contributed by atoms with Crippen LogP contribution < -0.4 is 9.47 Å². The Morgan fingerprint density at radius 3 is 2.38 bits per heavy atom. The van der Waals surface area contributed by atoms with Crippen molar-refractivity contribution >= 4 is 17.3 Å². The average molecular weight is 240 g/mol. The largest absolute Gasteiger partial charge is 0.493 e. The second-order valence-corrected chi connectivity index (χ2v) is 3.72. The van der Waals surface area contributed by atoms with Crippen LogP contribution >= 0.6 is 12.2 Å². The summed E-state index contributed by atoms with van der Waals surface area (Å²) in [7, 11) is 4.84. The van der Waals surface area contributed by atoms with E-state index in [9.17, 15) is 0 Å². The molecule has 0 aliphatic rings. The van der Waals surface area contributed by atoms with Crippen LogP contribution in [-0.2, 0) is 11.2 Å². The van der Waals surface area contributed by atoms with Crippen molar-refractivity contribution in [3.05, 3.63) is 23.8 Å². The fourth-order valence-electron chi connectivity index (χ4n) is 1.38. The third kappa shape index (κ3) is 3.38. The highest BCUT2D eigenvalue weighted by Gasteiger charge is 2.05. The van der Waals surface area contributed by atoms with Gasteiger partial charge in [-0.15, -0.1) is 0 Å². The quantitative estimate of drug-likeness (QED) is 0.739. The molecule has 0 saturated heterocycles. The number of rotatable bonds is 5. The van der Waals surface area contributed by atoms with Crippen molar-refractivity contribution in [2.45, 2.75) is 12.8 Å². The zero-order valence-corrected chi connectivity index (χ0v) is 10.6. The van der Waals surface area contributed by atoms with Crippen molar-refractivity contribution in [1.82, 2.24) is 0 Å². The number of methoxy groups -OCH3 is 3. The number of hydrogen-bond donors (Lipinski definition) is 0. The van der Waals surface area contributed by atoms with Gasteiger partial charge in [0.15, 0.2) is 16.5 Å². The number of aryl methyl sites for hydroxylation is 1. The second-order valence-electron chi connectivity index (χ2n) is 3.27. The third-order valence-electron chi connectivity index (χ3n) is 2.29. The lowest BCUT2D eigenvalue weighted by molar-refractivity contribution is 0.354. The lowest BCUT2D eigenvalue weighted by Gasteiger charge is -2.09. The van der Waals surface area contributed by atoms with Crippen molar-refractivity contribution < 1.29 is 14.2 Å². The molecule has 1 rings (SSSR count). The van der Waals surface area contributed by atoms with E-state index < -0.39 is 0 Å². The monoisotopic (exact) mass is 240 g/mol. The minimum atomic E-state index is 0.620. The molecule has 0 bridgehead atoms. The van der Waals surface area contributed by atoms with Crippen LogP contribution in [0.2, 0.25) is 0 Å². The van der Waals surface area contributed by atoms with Gasteiger partial charge in [-0.25, -0.2) is 0 Å². The van der Waals surface area contributed by atoms with E-state index in [1.54, 1.807) is 21.3 Å². The number of hydrogen-bond acceptors (Lipinski definition) is 4. The highest BCUT2D eigenvalue weighted by atomic mass is 32.1. The average Bonchev–Trinajstić information content (AvgIpc) is 2.35. The lowest BCUT2D eigenvalue weighted by Crippen LogP contribution is -2.00. The van der Waals surface area contributed by atoms with Gasteiger partial charge in [0.05, 0.1) is 21.3 Å². The minimum Gasteiger partial charge on any atom is -0.493 e.